The number of anilines is 1. The minimum atomic E-state index is -0.262. The van der Waals surface area contributed by atoms with Crippen LogP contribution in [0.15, 0.2) is 54.2 Å². The molecule has 0 bridgehead atoms. The van der Waals surface area contributed by atoms with E-state index in [4.69, 9.17) is 16.3 Å². The molecular formula is C20H14ClFN2O2S. The fraction of sp³-hybridized carbons (Fsp3) is 0.100. The monoisotopic (exact) mass is 400 g/mol. The van der Waals surface area contributed by atoms with Crippen LogP contribution >= 0.6 is 22.9 Å². The summed E-state index contributed by atoms with van der Waals surface area (Å²) >= 11 is 7.38. The van der Waals surface area contributed by atoms with Crippen molar-refractivity contribution in [3.8, 4) is 5.75 Å². The molecule has 0 spiro atoms. The zero-order valence-electron chi connectivity index (χ0n) is 14.0. The van der Waals surface area contributed by atoms with Crippen molar-refractivity contribution >= 4 is 40.1 Å². The molecule has 0 fully saturated rings. The van der Waals surface area contributed by atoms with Crippen LogP contribution in [0.4, 0.5) is 9.52 Å². The lowest BCUT2D eigenvalue weighted by Gasteiger charge is -2.17. The molecule has 4 nitrogen and oxygen atoms in total. The molecule has 3 aromatic rings. The van der Waals surface area contributed by atoms with Gasteiger partial charge in [-0.05, 0) is 42.0 Å². The third-order valence-electron chi connectivity index (χ3n) is 4.04. The molecule has 0 saturated carbocycles. The molecule has 2 heterocycles. The molecule has 136 valence electrons. The molecule has 1 aliphatic rings. The van der Waals surface area contributed by atoms with Gasteiger partial charge in [-0.25, -0.2) is 9.37 Å². The second kappa shape index (κ2) is 7.50. The van der Waals surface area contributed by atoms with Crippen LogP contribution in [0.25, 0.3) is 6.08 Å². The first-order valence-electron chi connectivity index (χ1n) is 8.20. The van der Waals surface area contributed by atoms with E-state index < -0.39 is 0 Å². The Balaban J connectivity index is 1.44. The zero-order valence-corrected chi connectivity index (χ0v) is 15.6. The number of ether oxygens (including phenoxy) is 1. The fourth-order valence-corrected chi connectivity index (χ4v) is 3.73. The summed E-state index contributed by atoms with van der Waals surface area (Å²) in [5, 5.41) is 3.89. The van der Waals surface area contributed by atoms with E-state index in [1.165, 1.54) is 23.5 Å². The molecule has 2 aromatic carbocycles. The lowest BCUT2D eigenvalue weighted by Crippen LogP contribution is -2.21. The zero-order chi connectivity index (χ0) is 18.8. The molecule has 0 unspecified atom stereocenters. The van der Waals surface area contributed by atoms with Crippen molar-refractivity contribution in [3.63, 3.8) is 0 Å². The average Bonchev–Trinajstić information content (AvgIpc) is 3.09. The summed E-state index contributed by atoms with van der Waals surface area (Å²) < 4.78 is 18.6. The molecule has 4 rings (SSSR count). The predicted molar refractivity (Wildman–Crippen MR) is 105 cm³/mol. The van der Waals surface area contributed by atoms with Crippen LogP contribution < -0.4 is 10.1 Å². The molecule has 0 radical (unpaired) electrons. The third-order valence-corrected chi connectivity index (χ3v) is 5.19. The number of hydrogen-bond donors (Lipinski definition) is 1. The Kier molecular flexibility index (Phi) is 4.92. The molecule has 27 heavy (non-hydrogen) atoms. The number of thiazole rings is 1. The van der Waals surface area contributed by atoms with Gasteiger partial charge >= 0.3 is 0 Å². The normalized spacial score (nSPS) is 12.7. The number of halogens is 2. The van der Waals surface area contributed by atoms with Crippen LogP contribution in [-0.2, 0) is 11.2 Å². The number of benzene rings is 2. The third kappa shape index (κ3) is 4.18. The molecule has 7 heteroatoms. The summed E-state index contributed by atoms with van der Waals surface area (Å²) in [6.45, 7) is 0.189. The van der Waals surface area contributed by atoms with E-state index in [1.54, 1.807) is 42.6 Å². The molecule has 1 aliphatic heterocycles. The number of nitrogens with zero attached hydrogens (tertiary/aromatic N) is 1. The molecule has 0 saturated heterocycles. The minimum absolute atomic E-state index is 0.189. The van der Waals surface area contributed by atoms with Crippen LogP contribution in [0.2, 0.25) is 5.02 Å². The molecule has 1 amide bonds. The summed E-state index contributed by atoms with van der Waals surface area (Å²) in [6.07, 6.45) is 4.11. The standard InChI is InChI=1S/C20H14ClFN2O2S/c21-15-3-6-18-13(9-15)8-14(11-26-18)19(25)24-20-23-10-17(27-20)7-12-1-4-16(22)5-2-12/h1-6,8-10H,7,11H2,(H,23,24,25). The Morgan fingerprint density at radius 2 is 2.07 bits per heavy atom. The summed E-state index contributed by atoms with van der Waals surface area (Å²) in [7, 11) is 0. The van der Waals surface area contributed by atoms with Gasteiger partial charge < -0.3 is 4.74 Å². The van der Waals surface area contributed by atoms with Crippen molar-refractivity contribution < 1.29 is 13.9 Å². The van der Waals surface area contributed by atoms with Crippen LogP contribution in [-0.4, -0.2) is 17.5 Å². The molecule has 1 N–H and O–H groups in total. The van der Waals surface area contributed by atoms with Gasteiger partial charge in [0, 0.05) is 28.1 Å². The number of amides is 1. The van der Waals surface area contributed by atoms with Crippen molar-refractivity contribution in [3.05, 3.63) is 81.1 Å². The first kappa shape index (κ1) is 17.7. The number of fused-ring (bicyclic) bond motifs is 1. The predicted octanol–water partition coefficient (Wildman–Crippen LogP) is 4.94. The highest BCUT2D eigenvalue weighted by atomic mass is 35.5. The largest absolute Gasteiger partial charge is 0.488 e. The maximum absolute atomic E-state index is 13.0. The van der Waals surface area contributed by atoms with Gasteiger partial charge in [0.25, 0.3) is 5.91 Å². The lowest BCUT2D eigenvalue weighted by molar-refractivity contribution is -0.113. The van der Waals surface area contributed by atoms with Gasteiger partial charge in [-0.2, -0.15) is 0 Å². The van der Waals surface area contributed by atoms with Gasteiger partial charge in [-0.3, -0.25) is 10.1 Å². The van der Waals surface area contributed by atoms with E-state index in [-0.39, 0.29) is 18.3 Å². The van der Waals surface area contributed by atoms with Crippen molar-refractivity contribution in [2.24, 2.45) is 0 Å². The second-order valence-corrected chi connectivity index (χ2v) is 7.58. The number of nitrogens with one attached hydrogen (secondary N) is 1. The van der Waals surface area contributed by atoms with Crippen molar-refractivity contribution in [1.82, 2.24) is 4.98 Å². The number of hydrogen-bond acceptors (Lipinski definition) is 4. The number of aromatic nitrogens is 1. The molecule has 1 aromatic heterocycles. The first-order chi connectivity index (χ1) is 13.1. The average molecular weight is 401 g/mol. The Bertz CT molecular complexity index is 1030. The Morgan fingerprint density at radius 1 is 1.26 bits per heavy atom. The van der Waals surface area contributed by atoms with Gasteiger partial charge in [0.2, 0.25) is 0 Å². The first-order valence-corrected chi connectivity index (χ1v) is 9.40. The quantitative estimate of drug-likeness (QED) is 0.674. The van der Waals surface area contributed by atoms with Crippen LogP contribution in [0, 0.1) is 5.82 Å². The van der Waals surface area contributed by atoms with Gasteiger partial charge in [0.15, 0.2) is 5.13 Å². The highest BCUT2D eigenvalue weighted by Crippen LogP contribution is 2.29. The Hall–Kier alpha value is -2.70. The summed E-state index contributed by atoms with van der Waals surface area (Å²) in [4.78, 5) is 17.7. The van der Waals surface area contributed by atoms with Gasteiger partial charge in [-0.15, -0.1) is 11.3 Å². The van der Waals surface area contributed by atoms with Crippen molar-refractivity contribution in [1.29, 1.82) is 0 Å². The summed E-state index contributed by atoms with van der Waals surface area (Å²) in [5.74, 6) is 0.178. The van der Waals surface area contributed by atoms with E-state index in [0.29, 0.717) is 27.9 Å². The van der Waals surface area contributed by atoms with E-state index in [2.05, 4.69) is 10.3 Å². The van der Waals surface area contributed by atoms with Crippen LogP contribution in [0.3, 0.4) is 0 Å². The Labute approximate surface area is 164 Å². The van der Waals surface area contributed by atoms with Crippen LogP contribution in [0.1, 0.15) is 16.0 Å². The number of carbonyl (C=O) groups excluding carboxylic acids is 1. The highest BCUT2D eigenvalue weighted by Gasteiger charge is 2.18. The Morgan fingerprint density at radius 3 is 2.89 bits per heavy atom. The maximum Gasteiger partial charge on any atom is 0.256 e. The second-order valence-electron chi connectivity index (χ2n) is 6.03. The maximum atomic E-state index is 13.0. The van der Waals surface area contributed by atoms with Crippen molar-refractivity contribution in [2.75, 3.05) is 11.9 Å². The topological polar surface area (TPSA) is 51.2 Å². The molecule has 0 atom stereocenters. The van der Waals surface area contributed by atoms with Gasteiger partial charge in [0.05, 0.1) is 5.57 Å². The van der Waals surface area contributed by atoms with E-state index in [1.807, 2.05) is 0 Å². The smallest absolute Gasteiger partial charge is 0.256 e. The minimum Gasteiger partial charge on any atom is -0.488 e. The SMILES string of the molecule is O=C(Nc1ncc(Cc2ccc(F)cc2)s1)C1=Cc2cc(Cl)ccc2OC1. The van der Waals surface area contributed by atoms with Crippen molar-refractivity contribution in [2.45, 2.75) is 6.42 Å². The van der Waals surface area contributed by atoms with Gasteiger partial charge in [-0.1, -0.05) is 23.7 Å². The molecular weight excluding hydrogens is 387 g/mol. The van der Waals surface area contributed by atoms with Crippen LogP contribution in [0.5, 0.6) is 5.75 Å². The lowest BCUT2D eigenvalue weighted by atomic mass is 10.1. The van der Waals surface area contributed by atoms with Gasteiger partial charge in [0.1, 0.15) is 18.2 Å². The summed E-state index contributed by atoms with van der Waals surface area (Å²) in [5.41, 5.74) is 2.25. The molecule has 0 aliphatic carbocycles. The van der Waals surface area contributed by atoms with E-state index in [9.17, 15) is 9.18 Å². The number of carbonyl (C=O) groups is 1. The van der Waals surface area contributed by atoms with E-state index in [0.717, 1.165) is 16.0 Å². The van der Waals surface area contributed by atoms with E-state index >= 15 is 0 Å². The number of rotatable bonds is 4. The highest BCUT2D eigenvalue weighted by molar-refractivity contribution is 7.15. The fourth-order valence-electron chi connectivity index (χ4n) is 2.71. The summed E-state index contributed by atoms with van der Waals surface area (Å²) in [6, 6.07) is 11.6.